The van der Waals surface area contributed by atoms with Crippen LogP contribution in [0.3, 0.4) is 0 Å². The molecule has 90 valence electrons. The molecule has 0 bridgehead atoms. The average molecular weight is 230 g/mol. The fraction of sp³-hybridized carbons (Fsp3) is 0.538. The third-order valence-electron chi connectivity index (χ3n) is 3.45. The van der Waals surface area contributed by atoms with Crippen LogP contribution in [-0.2, 0) is 0 Å². The quantitative estimate of drug-likeness (QED) is 0.839. The maximum Gasteiger partial charge on any atom is 0.147 e. The predicted molar refractivity (Wildman–Crippen MR) is 67.6 cm³/mol. The molecule has 2 N–H and O–H groups in total. The van der Waals surface area contributed by atoms with Crippen LogP contribution in [0.1, 0.15) is 31.7 Å². The molecule has 2 unspecified atom stereocenters. The molecule has 0 saturated carbocycles. The first-order valence-corrected chi connectivity index (χ1v) is 6.11. The lowest BCUT2D eigenvalue weighted by atomic mass is 9.96. The van der Waals surface area contributed by atoms with Gasteiger partial charge in [0.1, 0.15) is 11.9 Å². The first-order valence-electron chi connectivity index (χ1n) is 6.11. The van der Waals surface area contributed by atoms with Gasteiger partial charge in [-0.15, -0.1) is 0 Å². The second-order valence-electron chi connectivity index (χ2n) is 4.56. The lowest BCUT2D eigenvalue weighted by molar-refractivity contribution is 0.397. The van der Waals surface area contributed by atoms with Gasteiger partial charge in [-0.2, -0.15) is 5.26 Å². The zero-order valence-electron chi connectivity index (χ0n) is 10.1. The van der Waals surface area contributed by atoms with Gasteiger partial charge in [0.25, 0.3) is 0 Å². The average Bonchev–Trinajstić information content (AvgIpc) is 2.38. The maximum atomic E-state index is 9.15. The molecule has 0 aromatic carbocycles. The zero-order chi connectivity index (χ0) is 12.3. The van der Waals surface area contributed by atoms with Crippen LogP contribution >= 0.6 is 0 Å². The highest BCUT2D eigenvalue weighted by Crippen LogP contribution is 2.29. The third-order valence-corrected chi connectivity index (χ3v) is 3.45. The Balaban J connectivity index is 2.38. The summed E-state index contributed by atoms with van der Waals surface area (Å²) in [5, 5.41) is 9.15. The van der Waals surface area contributed by atoms with E-state index in [1.807, 2.05) is 6.07 Å². The van der Waals surface area contributed by atoms with Crippen molar-refractivity contribution in [3.63, 3.8) is 0 Å². The van der Waals surface area contributed by atoms with Crippen LogP contribution in [-0.4, -0.2) is 23.6 Å². The number of nitriles is 1. The summed E-state index contributed by atoms with van der Waals surface area (Å²) in [6.45, 7) is 2.80. The van der Waals surface area contributed by atoms with E-state index in [0.29, 0.717) is 24.2 Å². The van der Waals surface area contributed by atoms with Crippen molar-refractivity contribution in [2.75, 3.05) is 11.4 Å². The lowest BCUT2D eigenvalue weighted by Gasteiger charge is -2.41. The molecule has 1 aliphatic heterocycles. The number of aromatic nitrogens is 1. The SMILES string of the molecule is CC1CCCC(CN)N1c1ncccc1C#N. The van der Waals surface area contributed by atoms with Gasteiger partial charge < -0.3 is 10.6 Å². The smallest absolute Gasteiger partial charge is 0.147 e. The molecule has 0 radical (unpaired) electrons. The first-order chi connectivity index (χ1) is 8.27. The number of rotatable bonds is 2. The highest BCUT2D eigenvalue weighted by molar-refractivity contribution is 5.55. The molecular formula is C13H18N4. The molecule has 2 rings (SSSR count). The summed E-state index contributed by atoms with van der Waals surface area (Å²) in [5.41, 5.74) is 6.47. The normalized spacial score (nSPS) is 24.4. The summed E-state index contributed by atoms with van der Waals surface area (Å²) in [4.78, 5) is 6.59. The molecule has 2 heterocycles. The van der Waals surface area contributed by atoms with Crippen LogP contribution in [0.15, 0.2) is 18.3 Å². The van der Waals surface area contributed by atoms with Crippen molar-refractivity contribution in [1.82, 2.24) is 4.98 Å². The van der Waals surface area contributed by atoms with Gasteiger partial charge in [0, 0.05) is 24.8 Å². The highest BCUT2D eigenvalue weighted by atomic mass is 15.2. The zero-order valence-corrected chi connectivity index (χ0v) is 10.1. The molecule has 4 nitrogen and oxygen atoms in total. The van der Waals surface area contributed by atoms with Gasteiger partial charge in [0.15, 0.2) is 0 Å². The maximum absolute atomic E-state index is 9.15. The predicted octanol–water partition coefficient (Wildman–Crippen LogP) is 1.66. The Kier molecular flexibility index (Phi) is 3.60. The summed E-state index contributed by atoms with van der Waals surface area (Å²) in [6.07, 6.45) is 5.17. The van der Waals surface area contributed by atoms with Crippen molar-refractivity contribution in [3.8, 4) is 6.07 Å². The molecule has 17 heavy (non-hydrogen) atoms. The summed E-state index contributed by atoms with van der Waals surface area (Å²) >= 11 is 0. The van der Waals surface area contributed by atoms with Crippen molar-refractivity contribution in [2.24, 2.45) is 5.73 Å². The van der Waals surface area contributed by atoms with Crippen LogP contribution in [0.5, 0.6) is 0 Å². The molecule has 2 atom stereocenters. The van der Waals surface area contributed by atoms with E-state index < -0.39 is 0 Å². The third kappa shape index (κ3) is 2.25. The van der Waals surface area contributed by atoms with E-state index in [-0.39, 0.29) is 0 Å². The van der Waals surface area contributed by atoms with Gasteiger partial charge in [-0.25, -0.2) is 4.98 Å². The molecule has 1 fully saturated rings. The van der Waals surface area contributed by atoms with E-state index in [9.17, 15) is 0 Å². The standard InChI is InChI=1S/C13H18N4/c1-10-4-2-6-12(9-15)17(10)13-11(8-14)5-3-7-16-13/h3,5,7,10,12H,2,4,6,9,15H2,1H3. The minimum absolute atomic E-state index is 0.306. The van der Waals surface area contributed by atoms with Crippen LogP contribution in [0.4, 0.5) is 5.82 Å². The highest BCUT2D eigenvalue weighted by Gasteiger charge is 2.29. The van der Waals surface area contributed by atoms with Gasteiger partial charge in [-0.3, -0.25) is 0 Å². The van der Waals surface area contributed by atoms with Crippen LogP contribution in [0.2, 0.25) is 0 Å². The van der Waals surface area contributed by atoms with Gasteiger partial charge in [-0.1, -0.05) is 0 Å². The molecule has 0 amide bonds. The van der Waals surface area contributed by atoms with Crippen molar-refractivity contribution in [3.05, 3.63) is 23.9 Å². The van der Waals surface area contributed by atoms with E-state index >= 15 is 0 Å². The van der Waals surface area contributed by atoms with Gasteiger partial charge in [-0.05, 0) is 38.3 Å². The van der Waals surface area contributed by atoms with Gasteiger partial charge in [0.2, 0.25) is 0 Å². The van der Waals surface area contributed by atoms with E-state index in [0.717, 1.165) is 18.7 Å². The largest absolute Gasteiger partial charge is 0.349 e. The van der Waals surface area contributed by atoms with E-state index in [1.165, 1.54) is 6.42 Å². The monoisotopic (exact) mass is 230 g/mol. The van der Waals surface area contributed by atoms with Crippen molar-refractivity contribution < 1.29 is 0 Å². The minimum Gasteiger partial charge on any atom is -0.349 e. The molecule has 1 aromatic rings. The number of anilines is 1. The van der Waals surface area contributed by atoms with Crippen molar-refractivity contribution in [2.45, 2.75) is 38.3 Å². The Labute approximate surface area is 102 Å². The number of nitrogens with zero attached hydrogens (tertiary/aromatic N) is 3. The second kappa shape index (κ2) is 5.15. The van der Waals surface area contributed by atoms with Gasteiger partial charge in [0.05, 0.1) is 5.56 Å². The molecule has 0 spiro atoms. The topological polar surface area (TPSA) is 65.9 Å². The van der Waals surface area contributed by atoms with Crippen LogP contribution in [0.25, 0.3) is 0 Å². The summed E-state index contributed by atoms with van der Waals surface area (Å²) in [6, 6.07) is 6.54. The summed E-state index contributed by atoms with van der Waals surface area (Å²) in [7, 11) is 0. The fourth-order valence-corrected chi connectivity index (χ4v) is 2.59. The van der Waals surface area contributed by atoms with Crippen molar-refractivity contribution >= 4 is 5.82 Å². The number of hydrogen-bond donors (Lipinski definition) is 1. The van der Waals surface area contributed by atoms with Gasteiger partial charge >= 0.3 is 0 Å². The Morgan fingerprint density at radius 1 is 1.59 bits per heavy atom. The first kappa shape index (κ1) is 11.9. The summed E-state index contributed by atoms with van der Waals surface area (Å²) < 4.78 is 0. The Bertz CT molecular complexity index is 424. The van der Waals surface area contributed by atoms with Crippen molar-refractivity contribution in [1.29, 1.82) is 5.26 Å². The number of nitrogens with two attached hydrogens (primary N) is 1. The Morgan fingerprint density at radius 2 is 2.41 bits per heavy atom. The lowest BCUT2D eigenvalue weighted by Crippen LogP contribution is -2.49. The summed E-state index contributed by atoms with van der Waals surface area (Å²) in [5.74, 6) is 0.789. The molecule has 1 saturated heterocycles. The number of piperidine rings is 1. The van der Waals surface area contributed by atoms with E-state index in [2.05, 4.69) is 22.9 Å². The second-order valence-corrected chi connectivity index (χ2v) is 4.56. The van der Waals surface area contributed by atoms with E-state index in [4.69, 9.17) is 11.0 Å². The number of pyridine rings is 1. The Morgan fingerprint density at radius 3 is 3.12 bits per heavy atom. The molecule has 1 aliphatic rings. The molecular weight excluding hydrogens is 212 g/mol. The molecule has 4 heteroatoms. The van der Waals surface area contributed by atoms with Crippen LogP contribution in [0, 0.1) is 11.3 Å². The molecule has 1 aromatic heterocycles. The Hall–Kier alpha value is -1.60. The number of hydrogen-bond acceptors (Lipinski definition) is 4. The van der Waals surface area contributed by atoms with E-state index in [1.54, 1.807) is 12.3 Å². The minimum atomic E-state index is 0.306. The fourth-order valence-electron chi connectivity index (χ4n) is 2.59. The molecule has 0 aliphatic carbocycles. The van der Waals surface area contributed by atoms with Crippen LogP contribution < -0.4 is 10.6 Å².